The standard InChI is InChI=1S/C18H19F3N4O2S/c1-2-7-22-15(26)8-25-16(13-9-28-10-14(13)24-25)23-17(27)11-3-5-12(6-4-11)18(19,20)21/h3-6H,2,7-10H2,1H3,(H,22,26)(H,23,27). The fourth-order valence-corrected chi connectivity index (χ4v) is 3.80. The molecular weight excluding hydrogens is 393 g/mol. The van der Waals surface area contributed by atoms with Gasteiger partial charge in [-0.1, -0.05) is 6.92 Å². The van der Waals surface area contributed by atoms with E-state index in [0.29, 0.717) is 23.9 Å². The minimum absolute atomic E-state index is 0.0414. The highest BCUT2D eigenvalue weighted by atomic mass is 32.2. The van der Waals surface area contributed by atoms with Crippen LogP contribution in [0.2, 0.25) is 0 Å². The van der Waals surface area contributed by atoms with Gasteiger partial charge in [0.25, 0.3) is 5.91 Å². The van der Waals surface area contributed by atoms with Crippen LogP contribution in [0.5, 0.6) is 0 Å². The van der Waals surface area contributed by atoms with Gasteiger partial charge in [-0.05, 0) is 30.7 Å². The average Bonchev–Trinajstić information content (AvgIpc) is 3.22. The molecule has 2 amide bonds. The third kappa shape index (κ3) is 4.49. The van der Waals surface area contributed by atoms with E-state index < -0.39 is 17.6 Å². The number of hydrogen-bond acceptors (Lipinski definition) is 4. The lowest BCUT2D eigenvalue weighted by Crippen LogP contribution is -2.29. The lowest BCUT2D eigenvalue weighted by molar-refractivity contribution is -0.137. The molecule has 0 aliphatic carbocycles. The van der Waals surface area contributed by atoms with Crippen molar-refractivity contribution < 1.29 is 22.8 Å². The van der Waals surface area contributed by atoms with E-state index in [-0.39, 0.29) is 18.0 Å². The predicted octanol–water partition coefficient (Wildman–Crippen LogP) is 3.43. The molecule has 0 fully saturated rings. The van der Waals surface area contributed by atoms with Crippen molar-refractivity contribution >= 4 is 29.4 Å². The Morgan fingerprint density at radius 3 is 2.57 bits per heavy atom. The zero-order valence-corrected chi connectivity index (χ0v) is 15.9. The van der Waals surface area contributed by atoms with Crippen LogP contribution in [0.25, 0.3) is 0 Å². The molecule has 10 heteroatoms. The van der Waals surface area contributed by atoms with Gasteiger partial charge in [-0.25, -0.2) is 4.68 Å². The van der Waals surface area contributed by atoms with E-state index in [1.807, 2.05) is 6.92 Å². The van der Waals surface area contributed by atoms with Crippen LogP contribution in [0.4, 0.5) is 19.0 Å². The van der Waals surface area contributed by atoms with Crippen LogP contribution >= 0.6 is 11.8 Å². The second kappa shape index (κ2) is 8.26. The van der Waals surface area contributed by atoms with Gasteiger partial charge in [0.15, 0.2) is 0 Å². The third-order valence-electron chi connectivity index (χ3n) is 4.19. The van der Waals surface area contributed by atoms with Crippen molar-refractivity contribution in [2.45, 2.75) is 37.6 Å². The zero-order chi connectivity index (χ0) is 20.3. The summed E-state index contributed by atoms with van der Waals surface area (Å²) in [6.07, 6.45) is -3.66. The highest BCUT2D eigenvalue weighted by Gasteiger charge is 2.30. The monoisotopic (exact) mass is 412 g/mol. The summed E-state index contributed by atoms with van der Waals surface area (Å²) in [5.41, 5.74) is 0.916. The number of carbonyl (C=O) groups excluding carboxylic acids is 2. The molecule has 0 radical (unpaired) electrons. The molecule has 0 bridgehead atoms. The summed E-state index contributed by atoms with van der Waals surface area (Å²) in [6.45, 7) is 2.44. The number of nitrogens with one attached hydrogen (secondary N) is 2. The molecule has 2 heterocycles. The first-order valence-corrected chi connectivity index (χ1v) is 9.86. The van der Waals surface area contributed by atoms with Crippen molar-refractivity contribution in [1.29, 1.82) is 0 Å². The second-order valence-corrected chi connectivity index (χ2v) is 7.29. The molecule has 0 spiro atoms. The van der Waals surface area contributed by atoms with Crippen LogP contribution in [0.3, 0.4) is 0 Å². The number of anilines is 1. The topological polar surface area (TPSA) is 76.0 Å². The maximum atomic E-state index is 12.7. The van der Waals surface area contributed by atoms with E-state index in [1.165, 1.54) is 4.68 Å². The number of thioether (sulfide) groups is 1. The minimum Gasteiger partial charge on any atom is -0.355 e. The maximum absolute atomic E-state index is 12.7. The zero-order valence-electron chi connectivity index (χ0n) is 15.1. The van der Waals surface area contributed by atoms with Gasteiger partial charge in [0.2, 0.25) is 5.91 Å². The predicted molar refractivity (Wildman–Crippen MR) is 99.9 cm³/mol. The van der Waals surface area contributed by atoms with Gasteiger partial charge < -0.3 is 10.6 Å². The third-order valence-corrected chi connectivity index (χ3v) is 5.16. The van der Waals surface area contributed by atoms with Crippen LogP contribution in [-0.4, -0.2) is 28.1 Å². The number of aromatic nitrogens is 2. The summed E-state index contributed by atoms with van der Waals surface area (Å²) in [5, 5.41) is 9.87. The highest BCUT2D eigenvalue weighted by Crippen LogP contribution is 2.35. The summed E-state index contributed by atoms with van der Waals surface area (Å²) in [4.78, 5) is 24.6. The maximum Gasteiger partial charge on any atom is 0.416 e. The molecule has 3 rings (SSSR count). The van der Waals surface area contributed by atoms with E-state index in [1.54, 1.807) is 11.8 Å². The first kappa shape index (κ1) is 20.2. The van der Waals surface area contributed by atoms with Crippen molar-refractivity contribution in [3.05, 3.63) is 46.6 Å². The van der Waals surface area contributed by atoms with E-state index in [2.05, 4.69) is 15.7 Å². The molecule has 1 aliphatic heterocycles. The number of halogens is 3. The normalized spacial score (nSPS) is 13.3. The second-order valence-electron chi connectivity index (χ2n) is 6.30. The van der Waals surface area contributed by atoms with Crippen molar-refractivity contribution in [3.8, 4) is 0 Å². The Bertz CT molecular complexity index is 878. The van der Waals surface area contributed by atoms with Gasteiger partial charge in [0.05, 0.1) is 11.3 Å². The Kier molecular flexibility index (Phi) is 5.97. The summed E-state index contributed by atoms with van der Waals surface area (Å²) in [7, 11) is 0. The van der Waals surface area contributed by atoms with Gasteiger partial charge in [-0.3, -0.25) is 9.59 Å². The molecule has 0 saturated heterocycles. The van der Waals surface area contributed by atoms with Gasteiger partial charge in [0.1, 0.15) is 12.4 Å². The van der Waals surface area contributed by atoms with Gasteiger partial charge >= 0.3 is 6.18 Å². The number of nitrogens with zero attached hydrogens (tertiary/aromatic N) is 2. The van der Waals surface area contributed by atoms with Crippen LogP contribution in [-0.2, 0) is 29.0 Å². The summed E-state index contributed by atoms with van der Waals surface area (Å²) < 4.78 is 39.5. The van der Waals surface area contributed by atoms with Crippen molar-refractivity contribution in [2.75, 3.05) is 11.9 Å². The van der Waals surface area contributed by atoms with Crippen molar-refractivity contribution in [3.63, 3.8) is 0 Å². The summed E-state index contributed by atoms with van der Waals surface area (Å²) in [5.74, 6) is 0.970. The fraction of sp³-hybridized carbons (Fsp3) is 0.389. The molecule has 28 heavy (non-hydrogen) atoms. The number of alkyl halides is 3. The largest absolute Gasteiger partial charge is 0.416 e. The van der Waals surface area contributed by atoms with E-state index in [0.717, 1.165) is 41.9 Å². The Morgan fingerprint density at radius 1 is 1.21 bits per heavy atom. The Labute approximate surface area is 163 Å². The number of hydrogen-bond donors (Lipinski definition) is 2. The molecule has 6 nitrogen and oxygen atoms in total. The number of fused-ring (bicyclic) bond motifs is 1. The van der Waals surface area contributed by atoms with Gasteiger partial charge in [-0.2, -0.15) is 30.0 Å². The Hall–Kier alpha value is -2.49. The summed E-state index contributed by atoms with van der Waals surface area (Å²) in [6, 6.07) is 3.99. The van der Waals surface area contributed by atoms with Crippen LogP contribution < -0.4 is 10.6 Å². The molecular formula is C18H19F3N4O2S. The lowest BCUT2D eigenvalue weighted by Gasteiger charge is -2.12. The smallest absolute Gasteiger partial charge is 0.355 e. The number of amides is 2. The molecule has 2 N–H and O–H groups in total. The molecule has 1 aliphatic rings. The quantitative estimate of drug-likeness (QED) is 0.762. The molecule has 2 aromatic rings. The highest BCUT2D eigenvalue weighted by molar-refractivity contribution is 7.98. The number of rotatable bonds is 6. The first-order chi connectivity index (χ1) is 13.3. The molecule has 1 aromatic heterocycles. The van der Waals surface area contributed by atoms with Crippen LogP contribution in [0, 0.1) is 0 Å². The van der Waals surface area contributed by atoms with E-state index in [4.69, 9.17) is 0 Å². The molecule has 0 atom stereocenters. The van der Waals surface area contributed by atoms with Crippen LogP contribution in [0.1, 0.15) is 40.5 Å². The molecule has 0 unspecified atom stereocenters. The SMILES string of the molecule is CCCNC(=O)Cn1nc2c(c1NC(=O)c1ccc(C(F)(F)F)cc1)CSC2. The van der Waals surface area contributed by atoms with E-state index in [9.17, 15) is 22.8 Å². The minimum atomic E-state index is -4.46. The van der Waals surface area contributed by atoms with Gasteiger partial charge in [0, 0.05) is 29.2 Å². The molecule has 1 aromatic carbocycles. The van der Waals surface area contributed by atoms with Crippen molar-refractivity contribution in [1.82, 2.24) is 15.1 Å². The van der Waals surface area contributed by atoms with E-state index >= 15 is 0 Å². The van der Waals surface area contributed by atoms with Crippen molar-refractivity contribution in [2.24, 2.45) is 0 Å². The van der Waals surface area contributed by atoms with Gasteiger partial charge in [-0.15, -0.1) is 0 Å². The molecule has 150 valence electrons. The number of carbonyl (C=O) groups is 2. The lowest BCUT2D eigenvalue weighted by atomic mass is 10.1. The van der Waals surface area contributed by atoms with Crippen LogP contribution in [0.15, 0.2) is 24.3 Å². The Balaban J connectivity index is 1.79. The fourth-order valence-electron chi connectivity index (χ4n) is 2.77. The Morgan fingerprint density at radius 2 is 1.93 bits per heavy atom. The first-order valence-electron chi connectivity index (χ1n) is 8.71. The average molecular weight is 412 g/mol. The summed E-state index contributed by atoms with van der Waals surface area (Å²) >= 11 is 1.64. The number of benzene rings is 1. The molecule has 0 saturated carbocycles.